The van der Waals surface area contributed by atoms with Gasteiger partial charge >= 0.3 is 12.0 Å². The van der Waals surface area contributed by atoms with Crippen molar-refractivity contribution in [3.8, 4) is 22.5 Å². The fraction of sp³-hybridized carbons (Fsp3) is 0.583. The van der Waals surface area contributed by atoms with Crippen molar-refractivity contribution in [1.29, 1.82) is 0 Å². The number of nitrogens with one attached hydrogen (secondary N) is 2. The van der Waals surface area contributed by atoms with Crippen molar-refractivity contribution in [2.45, 2.75) is 116 Å². The molecule has 3 aliphatic heterocycles. The molecule has 65 heavy (non-hydrogen) atoms. The number of cyclic esters (lactones) is 1. The lowest BCUT2D eigenvalue weighted by atomic mass is 9.84. The molecule has 0 spiro atoms. The molecular weight excluding hydrogens is 859 g/mol. The summed E-state index contributed by atoms with van der Waals surface area (Å²) in [6.45, 7) is 15.1. The Kier molecular flexibility index (Phi) is 15.2. The summed E-state index contributed by atoms with van der Waals surface area (Å²) in [6, 6.07) is 9.12. The summed E-state index contributed by atoms with van der Waals surface area (Å²) in [5.74, 6) is -1.15. The quantitative estimate of drug-likeness (QED) is 0.129. The molecule has 3 aromatic heterocycles. The Balaban J connectivity index is 1.22. The first kappa shape index (κ1) is 48.3. The number of hydrogen-bond donors (Lipinski definition) is 2. The highest BCUT2D eigenvalue weighted by atomic mass is 32.1. The Hall–Kier alpha value is -4.68. The van der Waals surface area contributed by atoms with E-state index in [2.05, 4.69) is 72.0 Å². The van der Waals surface area contributed by atoms with Crippen molar-refractivity contribution in [3.05, 3.63) is 58.2 Å². The first-order chi connectivity index (χ1) is 31.0. The number of thiazole rings is 1. The summed E-state index contributed by atoms with van der Waals surface area (Å²) < 4.78 is 14.3. The number of carbonyl (C=O) groups excluding carboxylic acids is 4. The maximum absolute atomic E-state index is 14.6. The van der Waals surface area contributed by atoms with Crippen molar-refractivity contribution >= 4 is 55.7 Å². The minimum Gasteiger partial charge on any atom is -0.464 e. The second kappa shape index (κ2) is 20.5. The number of benzene rings is 1. The van der Waals surface area contributed by atoms with E-state index < -0.39 is 29.0 Å². The lowest BCUT2D eigenvalue weighted by Gasteiger charge is -2.36. The zero-order valence-corrected chi connectivity index (χ0v) is 41.6. The smallest absolute Gasteiger partial charge is 0.324 e. The highest BCUT2D eigenvalue weighted by Crippen LogP contribution is 2.42. The summed E-state index contributed by atoms with van der Waals surface area (Å²) in [6.07, 6.45) is 5.69. The van der Waals surface area contributed by atoms with Crippen LogP contribution in [0.25, 0.3) is 33.4 Å². The number of likely N-dealkylation sites (N-methyl/N-ethyl adjacent to an activating group) is 3. The summed E-state index contributed by atoms with van der Waals surface area (Å²) in [4.78, 5) is 74.9. The van der Waals surface area contributed by atoms with Crippen LogP contribution in [0.1, 0.15) is 89.6 Å². The van der Waals surface area contributed by atoms with Crippen LogP contribution >= 0.6 is 11.3 Å². The zero-order chi connectivity index (χ0) is 46.7. The maximum atomic E-state index is 14.6. The van der Waals surface area contributed by atoms with E-state index in [-0.39, 0.29) is 58.6 Å². The van der Waals surface area contributed by atoms with Crippen molar-refractivity contribution in [2.24, 2.45) is 11.3 Å². The van der Waals surface area contributed by atoms with E-state index in [0.29, 0.717) is 38.9 Å². The van der Waals surface area contributed by atoms with Crippen LogP contribution in [0.2, 0.25) is 5.54 Å². The van der Waals surface area contributed by atoms with Crippen LogP contribution in [-0.4, -0.2) is 140 Å². The average Bonchev–Trinajstić information content (AvgIpc) is 4.02. The van der Waals surface area contributed by atoms with E-state index in [1.54, 1.807) is 32.3 Å². The number of carbonyl (C=O) groups is 4. The molecule has 2 radical (unpaired) electrons. The van der Waals surface area contributed by atoms with E-state index in [9.17, 15) is 19.2 Å². The molecule has 0 aliphatic carbocycles. The Morgan fingerprint density at radius 3 is 2.60 bits per heavy atom. The number of hydrogen-bond acceptors (Lipinski definition) is 11. The number of esters is 1. The Morgan fingerprint density at radius 1 is 1.12 bits per heavy atom. The molecule has 4 amide bonds. The number of pyridine rings is 1. The first-order valence-electron chi connectivity index (χ1n) is 23.1. The molecule has 17 heteroatoms. The molecule has 3 aliphatic rings. The van der Waals surface area contributed by atoms with Gasteiger partial charge in [0, 0.05) is 92.3 Å². The van der Waals surface area contributed by atoms with Gasteiger partial charge in [0.15, 0.2) is 9.68 Å². The van der Waals surface area contributed by atoms with Crippen molar-refractivity contribution in [3.63, 3.8) is 0 Å². The highest BCUT2D eigenvalue weighted by Gasteiger charge is 2.38. The first-order valence-corrected chi connectivity index (χ1v) is 25.0. The number of aromatic nitrogens is 3. The highest BCUT2D eigenvalue weighted by molar-refractivity contribution is 7.10. The van der Waals surface area contributed by atoms with Crippen LogP contribution in [0, 0.1) is 11.3 Å². The normalized spacial score (nSPS) is 21.5. The Bertz CT molecular complexity index is 2370. The zero-order valence-electron chi connectivity index (χ0n) is 39.8. The van der Waals surface area contributed by atoms with Gasteiger partial charge in [-0.15, -0.1) is 11.3 Å². The molecule has 7 rings (SSSR count). The maximum Gasteiger partial charge on any atom is 0.324 e. The molecule has 15 nitrogen and oxygen atoms in total. The fourth-order valence-corrected chi connectivity index (χ4v) is 11.8. The summed E-state index contributed by atoms with van der Waals surface area (Å²) in [5.41, 5.74) is 8.89. The number of methoxy groups -OCH3 is 1. The molecule has 2 N–H and O–H groups in total. The standard InChI is InChI=1S/C48H67N9O6SSi/c1-11-56-38-19-18-31-23-34(38)35(43(56)33-16-12-20-49-41(33)30(4)62-10)25-48(5,6)28-63-46(60)36-17-14-22-57(51-36)45(59)39(24-40-50-37(31)27-64-40)65-52-44(58)42(29(2)3)55(9)47(61)54(8)26-32-15-13-21-53(32)7/h12,16,18-20,23,27,29-30,32,36,39,42,51H,11,13-15,17,21-22,24-26,28H2,1-10H3,(H,52,58)/t30-,32-,36-,39-,42-/m0/s1. The van der Waals surface area contributed by atoms with Gasteiger partial charge in [-0.1, -0.05) is 33.8 Å². The van der Waals surface area contributed by atoms with Crippen molar-refractivity contribution < 1.29 is 28.7 Å². The summed E-state index contributed by atoms with van der Waals surface area (Å²) in [7, 11) is 6.93. The number of ether oxygens (including phenoxy) is 2. The van der Waals surface area contributed by atoms with Gasteiger partial charge in [0.2, 0.25) is 11.8 Å². The van der Waals surface area contributed by atoms with Gasteiger partial charge < -0.3 is 33.7 Å². The van der Waals surface area contributed by atoms with E-state index >= 15 is 0 Å². The minimum absolute atomic E-state index is 0.164. The molecule has 6 bridgehead atoms. The summed E-state index contributed by atoms with van der Waals surface area (Å²) in [5, 5.41) is 5.39. The number of hydrazine groups is 1. The number of likely N-dealkylation sites (tertiary alicyclic amines) is 1. The predicted octanol–water partition coefficient (Wildman–Crippen LogP) is 6.34. The van der Waals surface area contributed by atoms with Gasteiger partial charge in [-0.2, -0.15) is 0 Å². The third-order valence-electron chi connectivity index (χ3n) is 13.3. The lowest BCUT2D eigenvalue weighted by Crippen LogP contribution is -2.58. The van der Waals surface area contributed by atoms with Crippen LogP contribution in [0.5, 0.6) is 0 Å². The number of amides is 4. The van der Waals surface area contributed by atoms with Gasteiger partial charge in [-0.25, -0.2) is 15.2 Å². The van der Waals surface area contributed by atoms with Gasteiger partial charge in [0.1, 0.15) is 12.1 Å². The van der Waals surface area contributed by atoms with E-state index in [1.807, 2.05) is 32.2 Å². The molecule has 2 saturated heterocycles. The Labute approximate surface area is 390 Å². The van der Waals surface area contributed by atoms with Crippen molar-refractivity contribution in [2.75, 3.05) is 54.5 Å². The van der Waals surface area contributed by atoms with Crippen LogP contribution in [-0.2, 0) is 43.2 Å². The summed E-state index contributed by atoms with van der Waals surface area (Å²) >= 11 is 1.49. The molecule has 6 heterocycles. The van der Waals surface area contributed by atoms with Crippen molar-refractivity contribution in [1.82, 2.24) is 44.7 Å². The minimum atomic E-state index is -0.757. The van der Waals surface area contributed by atoms with E-state index in [4.69, 9.17) is 19.4 Å². The van der Waals surface area contributed by atoms with Crippen LogP contribution in [0.4, 0.5) is 4.79 Å². The van der Waals surface area contributed by atoms with E-state index in [1.165, 1.54) is 21.2 Å². The SMILES string of the molecule is CCn1c(-c2cccnc2[C@H](C)OC)c2c3cc(ccc31)-c1csc(n1)C[C@H]([Si]NC(=O)[C@H](C(C)C)N(C)C(=O)N(C)C[C@@H]1CCCN1C)C(=O)N1CCC[C@H](N1)C(=O)OCC(C)(C)C2. The van der Waals surface area contributed by atoms with Gasteiger partial charge in [-0.05, 0) is 95.3 Å². The van der Waals surface area contributed by atoms with Gasteiger partial charge in [-0.3, -0.25) is 24.4 Å². The molecule has 0 unspecified atom stereocenters. The number of urea groups is 1. The molecule has 0 saturated carbocycles. The number of nitrogens with zero attached hydrogens (tertiary/aromatic N) is 7. The van der Waals surface area contributed by atoms with E-state index in [0.717, 1.165) is 69.1 Å². The molecular formula is C48H67N9O6SSi. The number of aryl methyl sites for hydroxylation is 1. The predicted molar refractivity (Wildman–Crippen MR) is 255 cm³/mol. The monoisotopic (exact) mass is 925 g/mol. The molecule has 350 valence electrons. The Morgan fingerprint density at radius 2 is 1.89 bits per heavy atom. The van der Waals surface area contributed by atoms with Gasteiger partial charge in [0.25, 0.3) is 0 Å². The third-order valence-corrected chi connectivity index (χ3v) is 15.4. The average molecular weight is 926 g/mol. The number of rotatable bonds is 11. The van der Waals surface area contributed by atoms with Crippen LogP contribution < -0.4 is 10.4 Å². The largest absolute Gasteiger partial charge is 0.464 e. The lowest BCUT2D eigenvalue weighted by molar-refractivity contribution is -0.154. The van der Waals surface area contributed by atoms with Crippen LogP contribution in [0.3, 0.4) is 0 Å². The molecule has 4 aromatic rings. The second-order valence-corrected chi connectivity index (χ2v) is 21.3. The van der Waals surface area contributed by atoms with Crippen LogP contribution in [0.15, 0.2) is 41.9 Å². The third kappa shape index (κ3) is 10.5. The van der Waals surface area contributed by atoms with Gasteiger partial charge in [0.05, 0.1) is 40.3 Å². The molecule has 2 fully saturated rings. The fourth-order valence-electron chi connectivity index (χ4n) is 9.71. The molecule has 1 aromatic carbocycles. The molecule has 5 atom stereocenters. The number of fused-ring (bicyclic) bond motifs is 6. The topological polar surface area (TPSA) is 154 Å². The second-order valence-electron chi connectivity index (χ2n) is 19.1.